The molecule has 0 radical (unpaired) electrons. The van der Waals surface area contributed by atoms with E-state index >= 15 is 4.39 Å². The maximum absolute atomic E-state index is 15.6. The SMILES string of the molecule is CN1c2c(cc3c(=O)c(C(=O)O)cn(C4CC4)c3c2F)NC(=O)C1C1CC1. The van der Waals surface area contributed by atoms with Crippen LogP contribution >= 0.6 is 0 Å². The molecule has 2 N–H and O–H groups in total. The minimum absolute atomic E-state index is 0.0125. The number of aromatic carboxylic acids is 1. The molecule has 2 aliphatic carbocycles. The molecule has 0 saturated heterocycles. The number of hydrogen-bond donors (Lipinski definition) is 2. The van der Waals surface area contributed by atoms with Crippen LogP contribution in [-0.4, -0.2) is 34.6 Å². The van der Waals surface area contributed by atoms with Crippen molar-refractivity contribution in [1.82, 2.24) is 4.57 Å². The quantitative estimate of drug-likeness (QED) is 0.864. The molecule has 2 aromatic rings. The minimum atomic E-state index is -1.34. The van der Waals surface area contributed by atoms with Crippen LogP contribution in [0.3, 0.4) is 0 Å². The summed E-state index contributed by atoms with van der Waals surface area (Å²) in [6, 6.07) is 0.976. The number of benzene rings is 1. The Morgan fingerprint density at radius 2 is 1.96 bits per heavy atom. The zero-order chi connectivity index (χ0) is 19.0. The van der Waals surface area contributed by atoms with Crippen molar-refractivity contribution in [2.75, 3.05) is 17.3 Å². The van der Waals surface area contributed by atoms with Gasteiger partial charge in [-0.15, -0.1) is 0 Å². The first-order valence-electron chi connectivity index (χ1n) is 9.07. The van der Waals surface area contributed by atoms with Crippen molar-refractivity contribution >= 4 is 34.2 Å². The second kappa shape index (κ2) is 5.31. The molecule has 1 aliphatic heterocycles. The van der Waals surface area contributed by atoms with Crippen LogP contribution in [0.25, 0.3) is 10.9 Å². The van der Waals surface area contributed by atoms with E-state index in [9.17, 15) is 19.5 Å². The van der Waals surface area contributed by atoms with E-state index < -0.39 is 23.3 Å². The molecule has 1 atom stereocenters. The second-order valence-electron chi connectivity index (χ2n) is 7.68. The Bertz CT molecular complexity index is 1080. The van der Waals surface area contributed by atoms with Crippen molar-refractivity contribution in [1.29, 1.82) is 0 Å². The fourth-order valence-corrected chi connectivity index (χ4v) is 4.16. The smallest absolute Gasteiger partial charge is 0.341 e. The van der Waals surface area contributed by atoms with E-state index in [2.05, 4.69) is 5.32 Å². The lowest BCUT2D eigenvalue weighted by atomic mass is 10.0. The summed E-state index contributed by atoms with van der Waals surface area (Å²) in [6.45, 7) is 0. The predicted molar refractivity (Wildman–Crippen MR) is 96.9 cm³/mol. The summed E-state index contributed by atoms with van der Waals surface area (Å²) in [4.78, 5) is 38.3. The summed E-state index contributed by atoms with van der Waals surface area (Å²) in [5, 5.41) is 12.1. The number of fused-ring (bicyclic) bond motifs is 2. The largest absolute Gasteiger partial charge is 0.477 e. The van der Waals surface area contributed by atoms with Gasteiger partial charge in [-0.05, 0) is 37.7 Å². The van der Waals surface area contributed by atoms with Gasteiger partial charge < -0.3 is 19.9 Å². The highest BCUT2D eigenvalue weighted by molar-refractivity contribution is 6.07. The third kappa shape index (κ3) is 2.28. The highest BCUT2D eigenvalue weighted by Gasteiger charge is 2.44. The number of carboxylic acids is 1. The summed E-state index contributed by atoms with van der Waals surface area (Å²) in [5.74, 6) is -1.94. The lowest BCUT2D eigenvalue weighted by Crippen LogP contribution is -2.48. The van der Waals surface area contributed by atoms with Gasteiger partial charge in [0.15, 0.2) is 5.82 Å². The number of nitrogens with zero attached hydrogens (tertiary/aromatic N) is 2. The van der Waals surface area contributed by atoms with Gasteiger partial charge in [0, 0.05) is 19.3 Å². The maximum Gasteiger partial charge on any atom is 0.341 e. The highest BCUT2D eigenvalue weighted by atomic mass is 19.1. The average molecular weight is 371 g/mol. The summed E-state index contributed by atoms with van der Waals surface area (Å²) in [6.07, 6.45) is 4.74. The van der Waals surface area contributed by atoms with Gasteiger partial charge >= 0.3 is 5.97 Å². The predicted octanol–water partition coefficient (Wildman–Crippen LogP) is 2.34. The third-order valence-corrected chi connectivity index (χ3v) is 5.77. The minimum Gasteiger partial charge on any atom is -0.477 e. The van der Waals surface area contributed by atoms with Crippen LogP contribution < -0.4 is 15.6 Å². The van der Waals surface area contributed by atoms with Crippen molar-refractivity contribution in [2.45, 2.75) is 37.8 Å². The van der Waals surface area contributed by atoms with Gasteiger partial charge in [0.05, 0.1) is 22.3 Å². The highest BCUT2D eigenvalue weighted by Crippen LogP contribution is 2.45. The first kappa shape index (κ1) is 16.3. The number of rotatable bonds is 3. The molecule has 1 unspecified atom stereocenters. The number of likely N-dealkylation sites (N-methyl/N-ethyl adjacent to an activating group) is 1. The van der Waals surface area contributed by atoms with Gasteiger partial charge in [-0.25, -0.2) is 9.18 Å². The van der Waals surface area contributed by atoms with E-state index in [0.29, 0.717) is 0 Å². The number of nitrogens with one attached hydrogen (secondary N) is 1. The summed E-state index contributed by atoms with van der Waals surface area (Å²) >= 11 is 0. The molecule has 1 amide bonds. The maximum atomic E-state index is 15.6. The summed E-state index contributed by atoms with van der Waals surface area (Å²) in [5.41, 5.74) is -0.538. The number of amides is 1. The molecule has 27 heavy (non-hydrogen) atoms. The number of carboxylic acid groups (broad SMARTS) is 1. The molecule has 1 aromatic heterocycles. The Kier molecular flexibility index (Phi) is 3.20. The number of carbonyl (C=O) groups is 2. The molecule has 2 saturated carbocycles. The van der Waals surface area contributed by atoms with E-state index in [1.54, 1.807) is 16.5 Å². The van der Waals surface area contributed by atoms with Crippen LogP contribution in [0.5, 0.6) is 0 Å². The molecule has 8 heteroatoms. The fraction of sp³-hybridized carbons (Fsp3) is 0.421. The van der Waals surface area contributed by atoms with E-state index in [0.717, 1.165) is 25.7 Å². The first-order valence-corrected chi connectivity index (χ1v) is 9.07. The van der Waals surface area contributed by atoms with Gasteiger partial charge in [0.1, 0.15) is 11.6 Å². The van der Waals surface area contributed by atoms with Gasteiger partial charge in [0.25, 0.3) is 0 Å². The van der Waals surface area contributed by atoms with Crippen LogP contribution in [0, 0.1) is 11.7 Å². The van der Waals surface area contributed by atoms with Crippen LogP contribution in [0.4, 0.5) is 15.8 Å². The number of aromatic nitrogens is 1. The fourth-order valence-electron chi connectivity index (χ4n) is 4.16. The van der Waals surface area contributed by atoms with Gasteiger partial charge in [-0.3, -0.25) is 9.59 Å². The van der Waals surface area contributed by atoms with Gasteiger partial charge in [-0.1, -0.05) is 0 Å². The van der Waals surface area contributed by atoms with Crippen molar-refractivity contribution in [3.05, 3.63) is 33.9 Å². The van der Waals surface area contributed by atoms with Crippen molar-refractivity contribution in [3.63, 3.8) is 0 Å². The topological polar surface area (TPSA) is 91.6 Å². The monoisotopic (exact) mass is 371 g/mol. The molecule has 3 aliphatic rings. The van der Waals surface area contributed by atoms with Crippen molar-refractivity contribution in [3.8, 4) is 0 Å². The number of hydrogen-bond acceptors (Lipinski definition) is 4. The Hall–Kier alpha value is -2.90. The molecular weight excluding hydrogens is 353 g/mol. The lowest BCUT2D eigenvalue weighted by molar-refractivity contribution is -0.118. The molecule has 0 spiro atoms. The molecule has 0 bridgehead atoms. The first-order chi connectivity index (χ1) is 12.9. The zero-order valence-corrected chi connectivity index (χ0v) is 14.7. The van der Waals surface area contributed by atoms with Gasteiger partial charge in [0.2, 0.25) is 11.3 Å². The molecule has 2 fully saturated rings. The Morgan fingerprint density at radius 1 is 1.26 bits per heavy atom. The van der Waals surface area contributed by atoms with E-state index in [1.165, 1.54) is 12.3 Å². The lowest BCUT2D eigenvalue weighted by Gasteiger charge is -2.36. The summed E-state index contributed by atoms with van der Waals surface area (Å²) < 4.78 is 17.2. The van der Waals surface area contributed by atoms with E-state index in [1.807, 2.05) is 0 Å². The van der Waals surface area contributed by atoms with Crippen LogP contribution in [0.15, 0.2) is 17.1 Å². The van der Waals surface area contributed by atoms with Gasteiger partial charge in [-0.2, -0.15) is 0 Å². The van der Waals surface area contributed by atoms with Crippen molar-refractivity contribution in [2.24, 2.45) is 5.92 Å². The molecular formula is C19H18FN3O4. The standard InChI is InChI=1S/C19H18FN3O4/c1-22-14(8-2-3-8)18(25)21-12-6-10-15(13(20)16(12)22)23(9-4-5-9)7-11(17(10)24)19(26)27/h6-9,14H,2-5H2,1H3,(H,21,25)(H,26,27). The molecule has 2 heterocycles. The average Bonchev–Trinajstić information content (AvgIpc) is 3.48. The molecule has 7 nitrogen and oxygen atoms in total. The van der Waals surface area contributed by atoms with Crippen LogP contribution in [0.2, 0.25) is 0 Å². The molecule has 5 rings (SSSR count). The molecule has 140 valence electrons. The van der Waals surface area contributed by atoms with Crippen molar-refractivity contribution < 1.29 is 19.1 Å². The van der Waals surface area contributed by atoms with E-state index in [-0.39, 0.29) is 45.7 Å². The molecule has 1 aromatic carbocycles. The normalized spacial score (nSPS) is 21.9. The van der Waals surface area contributed by atoms with E-state index in [4.69, 9.17) is 0 Å². The second-order valence-corrected chi connectivity index (χ2v) is 7.68. The third-order valence-electron chi connectivity index (χ3n) is 5.77. The number of halogens is 1. The number of carbonyl (C=O) groups excluding carboxylic acids is 1. The number of anilines is 2. The Morgan fingerprint density at radius 3 is 2.56 bits per heavy atom. The Labute approximate surface area is 153 Å². The Balaban J connectivity index is 1.82. The number of pyridine rings is 1. The van der Waals surface area contributed by atoms with Crippen LogP contribution in [0.1, 0.15) is 42.1 Å². The zero-order valence-electron chi connectivity index (χ0n) is 14.7. The summed E-state index contributed by atoms with van der Waals surface area (Å²) in [7, 11) is 1.70. The van der Waals surface area contributed by atoms with Crippen LogP contribution in [-0.2, 0) is 4.79 Å².